The van der Waals surface area contributed by atoms with Crippen molar-refractivity contribution in [1.82, 2.24) is 5.32 Å². The molecule has 0 aliphatic rings. The molecule has 0 saturated carbocycles. The molecule has 0 amide bonds. The highest BCUT2D eigenvalue weighted by Crippen LogP contribution is 2.37. The van der Waals surface area contributed by atoms with Gasteiger partial charge >= 0.3 is 0 Å². The van der Waals surface area contributed by atoms with Crippen molar-refractivity contribution in [3.63, 3.8) is 0 Å². The van der Waals surface area contributed by atoms with Crippen molar-refractivity contribution in [2.75, 3.05) is 6.54 Å². The second-order valence-electron chi connectivity index (χ2n) is 5.11. The molecule has 108 valence electrons. The summed E-state index contributed by atoms with van der Waals surface area (Å²) in [7, 11) is 0. The summed E-state index contributed by atoms with van der Waals surface area (Å²) in [6.07, 6.45) is 0. The van der Waals surface area contributed by atoms with Gasteiger partial charge in [-0.3, -0.25) is 0 Å². The third-order valence-corrected chi connectivity index (χ3v) is 5.41. The van der Waals surface area contributed by atoms with Crippen LogP contribution >= 0.6 is 45.5 Å². The lowest BCUT2D eigenvalue weighted by atomic mass is 10.0. The maximum absolute atomic E-state index is 6.36. The fourth-order valence-corrected chi connectivity index (χ4v) is 4.55. The van der Waals surface area contributed by atoms with Gasteiger partial charge in [-0.2, -0.15) is 0 Å². The number of rotatable bonds is 5. The molecular formula is C16H19ClINS. The molecule has 1 aromatic heterocycles. The van der Waals surface area contributed by atoms with E-state index in [4.69, 9.17) is 11.6 Å². The molecule has 0 radical (unpaired) electrons. The Bertz CT molecular complexity index is 580. The number of hydrogen-bond donors (Lipinski definition) is 1. The van der Waals surface area contributed by atoms with Gasteiger partial charge in [-0.25, -0.2) is 0 Å². The van der Waals surface area contributed by atoms with E-state index < -0.39 is 0 Å². The van der Waals surface area contributed by atoms with Gasteiger partial charge in [0.15, 0.2) is 0 Å². The zero-order valence-electron chi connectivity index (χ0n) is 11.9. The lowest BCUT2D eigenvalue weighted by Crippen LogP contribution is -2.24. The van der Waals surface area contributed by atoms with E-state index in [0.717, 1.165) is 17.1 Å². The van der Waals surface area contributed by atoms with E-state index in [1.54, 1.807) is 0 Å². The van der Waals surface area contributed by atoms with Crippen LogP contribution in [0.1, 0.15) is 31.7 Å². The van der Waals surface area contributed by atoms with Gasteiger partial charge in [-0.05, 0) is 59.3 Å². The van der Waals surface area contributed by atoms with E-state index in [9.17, 15) is 0 Å². The first-order valence-corrected chi connectivity index (χ1v) is 9.08. The first-order valence-electron chi connectivity index (χ1n) is 6.81. The van der Waals surface area contributed by atoms with Crippen molar-refractivity contribution in [2.45, 2.75) is 26.8 Å². The molecular weight excluding hydrogens is 401 g/mol. The third-order valence-electron chi connectivity index (χ3n) is 3.22. The molecule has 1 unspecified atom stereocenters. The number of halogens is 2. The smallest absolute Gasteiger partial charge is 0.0503 e. The number of benzene rings is 1. The van der Waals surface area contributed by atoms with Crippen LogP contribution in [-0.4, -0.2) is 6.54 Å². The Kier molecular flexibility index (Phi) is 5.90. The minimum absolute atomic E-state index is 0.418. The van der Waals surface area contributed by atoms with Crippen molar-refractivity contribution in [3.8, 4) is 10.4 Å². The van der Waals surface area contributed by atoms with Crippen LogP contribution in [0.3, 0.4) is 0 Å². The molecule has 20 heavy (non-hydrogen) atoms. The highest BCUT2D eigenvalue weighted by molar-refractivity contribution is 14.1. The summed E-state index contributed by atoms with van der Waals surface area (Å²) in [5.74, 6) is 0.577. The normalized spacial score (nSPS) is 12.9. The molecule has 1 atom stereocenters. The van der Waals surface area contributed by atoms with Crippen LogP contribution in [-0.2, 0) is 0 Å². The minimum Gasteiger partial charge on any atom is -0.309 e. The predicted octanol–water partition coefficient (Wildman–Crippen LogP) is 5.98. The van der Waals surface area contributed by atoms with Gasteiger partial charge in [0.25, 0.3) is 0 Å². The third kappa shape index (κ3) is 3.75. The zero-order valence-corrected chi connectivity index (χ0v) is 15.6. The lowest BCUT2D eigenvalue weighted by Gasteiger charge is -2.20. The summed E-state index contributed by atoms with van der Waals surface area (Å²) >= 11 is 10.5. The summed E-state index contributed by atoms with van der Waals surface area (Å²) in [4.78, 5) is 2.62. The maximum atomic E-state index is 6.36. The molecule has 0 spiro atoms. The Morgan fingerprint density at radius 2 is 2.00 bits per heavy atom. The Labute approximate surface area is 143 Å². The van der Waals surface area contributed by atoms with Crippen LogP contribution in [0.4, 0.5) is 0 Å². The number of nitrogens with one attached hydrogen (secondary N) is 1. The monoisotopic (exact) mass is 419 g/mol. The van der Waals surface area contributed by atoms with Crippen molar-refractivity contribution < 1.29 is 0 Å². The van der Waals surface area contributed by atoms with Crippen molar-refractivity contribution in [2.24, 2.45) is 5.92 Å². The molecule has 0 bridgehead atoms. The molecule has 0 fully saturated rings. The summed E-state index contributed by atoms with van der Waals surface area (Å²) in [6, 6.07) is 11.0. The second kappa shape index (κ2) is 7.25. The zero-order chi connectivity index (χ0) is 14.7. The largest absolute Gasteiger partial charge is 0.309 e. The minimum atomic E-state index is 0.418. The van der Waals surface area contributed by atoms with Crippen LogP contribution in [0.15, 0.2) is 30.3 Å². The van der Waals surface area contributed by atoms with Crippen LogP contribution < -0.4 is 5.32 Å². The molecule has 2 aromatic rings. The van der Waals surface area contributed by atoms with Crippen molar-refractivity contribution in [1.29, 1.82) is 0 Å². The average Bonchev–Trinajstić information content (AvgIpc) is 2.84. The fraction of sp³-hybridized carbons (Fsp3) is 0.375. The SMILES string of the molecule is CCNC(c1ccc(-c2ccc(I)cc2Cl)s1)C(C)C. The Morgan fingerprint density at radius 3 is 2.60 bits per heavy atom. The Balaban J connectivity index is 2.32. The van der Waals surface area contributed by atoms with Gasteiger partial charge in [0.05, 0.1) is 5.02 Å². The van der Waals surface area contributed by atoms with Gasteiger partial charge in [0, 0.05) is 24.9 Å². The van der Waals surface area contributed by atoms with Crippen molar-refractivity contribution >= 4 is 45.5 Å². The molecule has 0 saturated heterocycles. The molecule has 0 aliphatic heterocycles. The van der Waals surface area contributed by atoms with Gasteiger partial charge < -0.3 is 5.32 Å². The van der Waals surface area contributed by atoms with E-state index in [0.29, 0.717) is 12.0 Å². The molecule has 2 rings (SSSR count). The molecule has 1 N–H and O–H groups in total. The lowest BCUT2D eigenvalue weighted by molar-refractivity contribution is 0.428. The van der Waals surface area contributed by atoms with Gasteiger partial charge in [0.2, 0.25) is 0 Å². The molecule has 1 heterocycles. The van der Waals surface area contributed by atoms with E-state index in [2.05, 4.69) is 72.9 Å². The summed E-state index contributed by atoms with van der Waals surface area (Å²) in [6.45, 7) is 7.65. The second-order valence-corrected chi connectivity index (χ2v) is 7.87. The maximum Gasteiger partial charge on any atom is 0.0503 e. The summed E-state index contributed by atoms with van der Waals surface area (Å²) in [5, 5.41) is 4.39. The Hall–Kier alpha value is -0.100. The summed E-state index contributed by atoms with van der Waals surface area (Å²) in [5.41, 5.74) is 1.13. The molecule has 0 aliphatic carbocycles. The van der Waals surface area contributed by atoms with Crippen LogP contribution in [0.25, 0.3) is 10.4 Å². The van der Waals surface area contributed by atoms with E-state index in [1.807, 2.05) is 17.4 Å². The Morgan fingerprint density at radius 1 is 1.25 bits per heavy atom. The average molecular weight is 420 g/mol. The summed E-state index contributed by atoms with van der Waals surface area (Å²) < 4.78 is 1.17. The first-order chi connectivity index (χ1) is 9.52. The number of hydrogen-bond acceptors (Lipinski definition) is 2. The predicted molar refractivity (Wildman–Crippen MR) is 98.7 cm³/mol. The highest BCUT2D eigenvalue weighted by atomic mass is 127. The van der Waals surface area contributed by atoms with Gasteiger partial charge in [0.1, 0.15) is 0 Å². The topological polar surface area (TPSA) is 12.0 Å². The standard InChI is InChI=1S/C16H19ClINS/c1-4-19-16(10(2)3)15-8-7-14(20-15)12-6-5-11(18)9-13(12)17/h5-10,16,19H,4H2,1-3H3. The fourth-order valence-electron chi connectivity index (χ4n) is 2.24. The van der Waals surface area contributed by atoms with E-state index >= 15 is 0 Å². The van der Waals surface area contributed by atoms with Crippen LogP contribution in [0, 0.1) is 9.49 Å². The highest BCUT2D eigenvalue weighted by Gasteiger charge is 2.17. The van der Waals surface area contributed by atoms with Crippen LogP contribution in [0.2, 0.25) is 5.02 Å². The van der Waals surface area contributed by atoms with Gasteiger partial charge in [-0.15, -0.1) is 11.3 Å². The molecule has 4 heteroatoms. The van der Waals surface area contributed by atoms with E-state index in [1.165, 1.54) is 13.3 Å². The molecule has 1 aromatic carbocycles. The molecule has 1 nitrogen and oxygen atoms in total. The number of thiophene rings is 1. The van der Waals surface area contributed by atoms with E-state index in [-0.39, 0.29) is 0 Å². The van der Waals surface area contributed by atoms with Crippen LogP contribution in [0.5, 0.6) is 0 Å². The van der Waals surface area contributed by atoms with Crippen molar-refractivity contribution in [3.05, 3.63) is 43.8 Å². The quantitative estimate of drug-likeness (QED) is 0.588. The first kappa shape index (κ1) is 16.3. The van der Waals surface area contributed by atoms with Gasteiger partial charge in [-0.1, -0.05) is 38.4 Å².